The second-order valence-corrected chi connectivity index (χ2v) is 3.75. The van der Waals surface area contributed by atoms with E-state index in [-0.39, 0.29) is 12.1 Å². The Bertz CT molecular complexity index is 633. The van der Waals surface area contributed by atoms with Gasteiger partial charge in [0.1, 0.15) is 0 Å². The lowest BCUT2D eigenvalue weighted by Crippen LogP contribution is -2.19. The van der Waals surface area contributed by atoms with E-state index in [1.165, 1.54) is 12.1 Å². The van der Waals surface area contributed by atoms with Crippen LogP contribution in [-0.4, -0.2) is 17.0 Å². The first-order valence-electron chi connectivity index (χ1n) is 5.17. The number of nitrogens with one attached hydrogen (secondary N) is 2. The van der Waals surface area contributed by atoms with E-state index in [9.17, 15) is 18.0 Å². The zero-order valence-corrected chi connectivity index (χ0v) is 9.43. The summed E-state index contributed by atoms with van der Waals surface area (Å²) in [5, 5.41) is 3.07. The quantitative estimate of drug-likeness (QED) is 0.860. The molecule has 96 valence electrons. The summed E-state index contributed by atoms with van der Waals surface area (Å²) in [6, 6.07) is 3.71. The molecule has 0 unspecified atom stereocenters. The molecule has 1 heterocycles. The number of halogens is 3. The van der Waals surface area contributed by atoms with E-state index >= 15 is 0 Å². The summed E-state index contributed by atoms with van der Waals surface area (Å²) in [5.74, 6) is 0. The van der Waals surface area contributed by atoms with E-state index in [1.807, 2.05) is 0 Å². The van der Waals surface area contributed by atoms with E-state index in [0.29, 0.717) is 11.1 Å². The van der Waals surface area contributed by atoms with Gasteiger partial charge in [0.15, 0.2) is 0 Å². The van der Waals surface area contributed by atoms with Crippen molar-refractivity contribution < 1.29 is 13.2 Å². The molecular weight excluding hydrogens is 247 g/mol. The SMILES string of the molecule is CNCc1[nH]c(=O)nc2c(C(F)(F)F)cccc12. The van der Waals surface area contributed by atoms with E-state index in [1.54, 1.807) is 7.05 Å². The van der Waals surface area contributed by atoms with Crippen LogP contribution in [0.2, 0.25) is 0 Å². The van der Waals surface area contributed by atoms with Gasteiger partial charge in [-0.1, -0.05) is 12.1 Å². The van der Waals surface area contributed by atoms with Gasteiger partial charge in [0, 0.05) is 17.6 Å². The van der Waals surface area contributed by atoms with Gasteiger partial charge in [-0.2, -0.15) is 18.2 Å². The zero-order valence-electron chi connectivity index (χ0n) is 9.43. The number of hydrogen-bond acceptors (Lipinski definition) is 3. The van der Waals surface area contributed by atoms with E-state index in [4.69, 9.17) is 0 Å². The van der Waals surface area contributed by atoms with Gasteiger partial charge in [-0.15, -0.1) is 0 Å². The van der Waals surface area contributed by atoms with Crippen molar-refractivity contribution in [1.82, 2.24) is 15.3 Å². The van der Waals surface area contributed by atoms with Gasteiger partial charge in [-0.05, 0) is 13.1 Å². The molecule has 0 saturated carbocycles. The summed E-state index contributed by atoms with van der Waals surface area (Å²) in [6.45, 7) is 0.259. The van der Waals surface area contributed by atoms with Gasteiger partial charge in [0.05, 0.1) is 11.1 Å². The Morgan fingerprint density at radius 2 is 2.11 bits per heavy atom. The summed E-state index contributed by atoms with van der Waals surface area (Å²) in [6.07, 6.45) is -4.53. The van der Waals surface area contributed by atoms with Crippen molar-refractivity contribution in [3.63, 3.8) is 0 Å². The summed E-state index contributed by atoms with van der Waals surface area (Å²) >= 11 is 0. The number of benzene rings is 1. The molecule has 7 heteroatoms. The van der Waals surface area contributed by atoms with Crippen LogP contribution in [0.4, 0.5) is 13.2 Å². The first-order valence-corrected chi connectivity index (χ1v) is 5.17. The molecule has 0 saturated heterocycles. The highest BCUT2D eigenvalue weighted by Crippen LogP contribution is 2.33. The van der Waals surface area contributed by atoms with Crippen LogP contribution in [0, 0.1) is 0 Å². The van der Waals surface area contributed by atoms with E-state index < -0.39 is 17.4 Å². The Balaban J connectivity index is 2.82. The lowest BCUT2D eigenvalue weighted by molar-refractivity contribution is -0.136. The summed E-state index contributed by atoms with van der Waals surface area (Å²) in [7, 11) is 1.64. The van der Waals surface area contributed by atoms with Gasteiger partial charge in [0.25, 0.3) is 0 Å². The molecule has 0 aliphatic carbocycles. The van der Waals surface area contributed by atoms with Crippen LogP contribution in [-0.2, 0) is 12.7 Å². The molecule has 2 rings (SSSR count). The fraction of sp³-hybridized carbons (Fsp3) is 0.273. The fourth-order valence-corrected chi connectivity index (χ4v) is 1.78. The van der Waals surface area contributed by atoms with Gasteiger partial charge >= 0.3 is 11.9 Å². The molecule has 0 aliphatic rings. The minimum absolute atomic E-state index is 0.259. The Kier molecular flexibility index (Phi) is 3.08. The molecule has 2 N–H and O–H groups in total. The zero-order chi connectivity index (χ0) is 13.3. The van der Waals surface area contributed by atoms with Crippen LogP contribution in [0.15, 0.2) is 23.0 Å². The second-order valence-electron chi connectivity index (χ2n) is 3.75. The molecule has 18 heavy (non-hydrogen) atoms. The first-order chi connectivity index (χ1) is 8.43. The van der Waals surface area contributed by atoms with Crippen molar-refractivity contribution in [3.05, 3.63) is 39.9 Å². The van der Waals surface area contributed by atoms with Crippen LogP contribution in [0.1, 0.15) is 11.3 Å². The van der Waals surface area contributed by atoms with Crippen LogP contribution >= 0.6 is 0 Å². The van der Waals surface area contributed by atoms with E-state index in [0.717, 1.165) is 6.07 Å². The minimum atomic E-state index is -4.53. The highest BCUT2D eigenvalue weighted by molar-refractivity contribution is 5.84. The Morgan fingerprint density at radius 1 is 1.39 bits per heavy atom. The number of aromatic amines is 1. The van der Waals surface area contributed by atoms with Crippen LogP contribution < -0.4 is 11.0 Å². The third-order valence-electron chi connectivity index (χ3n) is 2.49. The van der Waals surface area contributed by atoms with Crippen molar-refractivity contribution in [3.8, 4) is 0 Å². The Morgan fingerprint density at radius 3 is 2.72 bits per heavy atom. The molecule has 0 amide bonds. The van der Waals surface area contributed by atoms with Crippen LogP contribution in [0.3, 0.4) is 0 Å². The standard InChI is InChI=1S/C11H10F3N3O/c1-15-5-8-6-3-2-4-7(11(12,13)14)9(6)17-10(18)16-8/h2-4,15H,5H2,1H3,(H,16,17,18). The lowest BCUT2D eigenvalue weighted by atomic mass is 10.1. The lowest BCUT2D eigenvalue weighted by Gasteiger charge is -2.11. The highest BCUT2D eigenvalue weighted by Gasteiger charge is 2.33. The molecular formula is C11H10F3N3O. The molecule has 0 bridgehead atoms. The number of rotatable bonds is 2. The molecule has 0 atom stereocenters. The number of alkyl halides is 3. The van der Waals surface area contributed by atoms with Crippen LogP contribution in [0.5, 0.6) is 0 Å². The molecule has 1 aromatic carbocycles. The number of hydrogen-bond donors (Lipinski definition) is 2. The molecule has 2 aromatic rings. The number of para-hydroxylation sites is 1. The Hall–Kier alpha value is -1.89. The summed E-state index contributed by atoms with van der Waals surface area (Å²) in [5.41, 5.74) is -1.62. The number of fused-ring (bicyclic) bond motifs is 1. The predicted octanol–water partition coefficient (Wildman–Crippen LogP) is 1.66. The number of H-pyrrole nitrogens is 1. The predicted molar refractivity (Wildman–Crippen MR) is 60.1 cm³/mol. The maximum atomic E-state index is 12.8. The molecule has 0 fully saturated rings. The third-order valence-corrected chi connectivity index (χ3v) is 2.49. The third kappa shape index (κ3) is 2.21. The topological polar surface area (TPSA) is 57.8 Å². The maximum absolute atomic E-state index is 12.8. The first kappa shape index (κ1) is 12.6. The van der Waals surface area contributed by atoms with Crippen molar-refractivity contribution in [2.75, 3.05) is 7.05 Å². The molecule has 1 aromatic heterocycles. The highest BCUT2D eigenvalue weighted by atomic mass is 19.4. The van der Waals surface area contributed by atoms with Gasteiger partial charge < -0.3 is 10.3 Å². The van der Waals surface area contributed by atoms with Crippen LogP contribution in [0.25, 0.3) is 10.9 Å². The average Bonchev–Trinajstić information content (AvgIpc) is 2.27. The Labute approximate surface area is 99.9 Å². The monoisotopic (exact) mass is 257 g/mol. The summed E-state index contributed by atoms with van der Waals surface area (Å²) in [4.78, 5) is 17.2. The molecule has 0 radical (unpaired) electrons. The van der Waals surface area contributed by atoms with Gasteiger partial charge in [0.2, 0.25) is 0 Å². The molecule has 0 spiro atoms. The van der Waals surface area contributed by atoms with Crippen molar-refractivity contribution >= 4 is 10.9 Å². The van der Waals surface area contributed by atoms with Crippen molar-refractivity contribution in [2.45, 2.75) is 12.7 Å². The fourth-order valence-electron chi connectivity index (χ4n) is 1.78. The average molecular weight is 257 g/mol. The van der Waals surface area contributed by atoms with Gasteiger partial charge in [-0.3, -0.25) is 0 Å². The molecule has 4 nitrogen and oxygen atoms in total. The largest absolute Gasteiger partial charge is 0.418 e. The van der Waals surface area contributed by atoms with E-state index in [2.05, 4.69) is 15.3 Å². The minimum Gasteiger partial charge on any atom is -0.314 e. The number of nitrogens with zero attached hydrogens (tertiary/aromatic N) is 1. The van der Waals surface area contributed by atoms with Crippen molar-refractivity contribution in [1.29, 1.82) is 0 Å². The van der Waals surface area contributed by atoms with Gasteiger partial charge in [-0.25, -0.2) is 4.79 Å². The normalized spacial score (nSPS) is 12.0. The summed E-state index contributed by atoms with van der Waals surface area (Å²) < 4.78 is 38.4. The van der Waals surface area contributed by atoms with Crippen molar-refractivity contribution in [2.24, 2.45) is 0 Å². The smallest absolute Gasteiger partial charge is 0.314 e. The second kappa shape index (κ2) is 4.41. The number of aromatic nitrogens is 2. The molecule has 0 aliphatic heterocycles. The maximum Gasteiger partial charge on any atom is 0.418 e.